The number of fused-ring (bicyclic) bond motifs is 5. The SMILES string of the molecule is Cc1cc(=O)c2c(O)c3c(cc2o1)OC(C)(C)[C@@H]1OC(=O)[C@@]2(C[C@@H](CO)C[C@@H]31)O[C@@H]2CCc1cc(N)nc(-c2cc(N)nc(C[NH+]3C=C4C=CN=C4C3)c2)c1. The van der Waals surface area contributed by atoms with Gasteiger partial charge in [-0.25, -0.2) is 14.8 Å². The van der Waals surface area contributed by atoms with Crippen molar-refractivity contribution in [2.24, 2.45) is 10.9 Å². The number of phenols is 1. The number of benzene rings is 1. The predicted molar refractivity (Wildman–Crippen MR) is 202 cm³/mol. The van der Waals surface area contributed by atoms with Crippen molar-refractivity contribution in [2.45, 2.75) is 82.3 Å². The highest BCUT2D eigenvalue weighted by Gasteiger charge is 2.66. The second-order valence-electron chi connectivity index (χ2n) is 16.0. The van der Waals surface area contributed by atoms with E-state index >= 15 is 0 Å². The summed E-state index contributed by atoms with van der Waals surface area (Å²) in [6.07, 6.45) is 6.28. The molecule has 3 aromatic heterocycles. The topological polar surface area (TPSA) is 213 Å². The van der Waals surface area contributed by atoms with Gasteiger partial charge in [0.05, 0.1) is 23.1 Å². The molecule has 14 nitrogen and oxygen atoms in total. The van der Waals surface area contributed by atoms with Gasteiger partial charge in [-0.05, 0) is 88.3 Å². The molecule has 1 unspecified atom stereocenters. The zero-order chi connectivity index (χ0) is 38.4. The number of hydrogen-bond donors (Lipinski definition) is 5. The number of nitrogens with zero attached hydrogens (tertiary/aromatic N) is 3. The van der Waals surface area contributed by atoms with Crippen molar-refractivity contribution in [3.63, 3.8) is 0 Å². The van der Waals surface area contributed by atoms with Crippen LogP contribution in [-0.2, 0) is 27.2 Å². The maximum absolute atomic E-state index is 14.1. The first-order valence-corrected chi connectivity index (χ1v) is 18.6. The minimum absolute atomic E-state index is 0.0339. The lowest BCUT2D eigenvalue weighted by atomic mass is 9.73. The van der Waals surface area contributed by atoms with Crippen LogP contribution in [0.3, 0.4) is 0 Å². The number of allylic oxidation sites excluding steroid dienone is 1. The van der Waals surface area contributed by atoms with Crippen LogP contribution in [0.1, 0.15) is 61.6 Å². The molecular formula is C41H43N6O8+. The van der Waals surface area contributed by atoms with E-state index < -0.39 is 35.3 Å². The lowest BCUT2D eigenvalue weighted by Crippen LogP contribution is -3.05. The van der Waals surface area contributed by atoms with Crippen molar-refractivity contribution < 1.29 is 38.5 Å². The van der Waals surface area contributed by atoms with Crippen molar-refractivity contribution in [1.29, 1.82) is 0 Å². The van der Waals surface area contributed by atoms with Crippen LogP contribution >= 0.6 is 0 Å². The number of nitrogens with one attached hydrogen (secondary N) is 1. The highest BCUT2D eigenvalue weighted by atomic mass is 16.7. The third-order valence-corrected chi connectivity index (χ3v) is 11.5. The molecule has 2 fully saturated rings. The van der Waals surface area contributed by atoms with Gasteiger partial charge in [0.25, 0.3) is 0 Å². The Labute approximate surface area is 316 Å². The number of carbonyl (C=O) groups excluding carboxylic acids is 1. The molecule has 7 N–H and O–H groups in total. The number of aliphatic hydroxyl groups is 1. The van der Waals surface area contributed by atoms with Crippen LogP contribution in [0, 0.1) is 12.8 Å². The number of ether oxygens (including phenoxy) is 3. The molecule has 5 aliphatic rings. The largest absolute Gasteiger partial charge is 0.507 e. The number of nitrogen functional groups attached to an aromatic ring is 2. The lowest BCUT2D eigenvalue weighted by Gasteiger charge is -2.46. The number of aryl methyl sites for hydroxylation is 2. The molecule has 0 aliphatic carbocycles. The Hall–Kier alpha value is -5.57. The molecule has 9 rings (SSSR count). The average Bonchev–Trinajstić information content (AvgIpc) is 3.41. The Morgan fingerprint density at radius 1 is 1.05 bits per heavy atom. The summed E-state index contributed by atoms with van der Waals surface area (Å²) < 4.78 is 24.6. The minimum Gasteiger partial charge on any atom is -0.507 e. The van der Waals surface area contributed by atoms with Crippen molar-refractivity contribution >= 4 is 34.3 Å². The third-order valence-electron chi connectivity index (χ3n) is 11.5. The van der Waals surface area contributed by atoms with Crippen LogP contribution in [0.4, 0.5) is 11.6 Å². The number of pyridine rings is 2. The first-order chi connectivity index (χ1) is 26.3. The van der Waals surface area contributed by atoms with E-state index in [-0.39, 0.29) is 41.1 Å². The minimum atomic E-state index is -1.25. The standard InChI is InChI=1S/C41H42N6O8/c1-20-8-29(49)36-30(52-20)14-31-35(37(36)50)26-9-22(19-48)15-41(39(51)53-38(26)40(2,3)54-31)32(55-41)5-4-21-10-27(46-33(42)11-21)24-12-25(45-34(43)13-24)17-47-16-23-6-7-44-28(23)18-47/h6-8,10-14,16,22,26,32,38,48,50H,4-5,9,15,17-19H2,1-3H3,(H2,42,46)(H2,43,45)/p+1/t22-,26-,32+,38+,41-/m0/s1. The van der Waals surface area contributed by atoms with Gasteiger partial charge in [0.1, 0.15) is 76.6 Å². The number of nitrogens with two attached hydrogens (primary N) is 2. The highest BCUT2D eigenvalue weighted by Crippen LogP contribution is 2.55. The quantitative estimate of drug-likeness (QED) is 0.136. The molecule has 0 bridgehead atoms. The van der Waals surface area contributed by atoms with Crippen molar-refractivity contribution in [1.82, 2.24) is 9.97 Å². The summed E-state index contributed by atoms with van der Waals surface area (Å²) in [6.45, 7) is 6.50. The molecule has 1 spiro atoms. The van der Waals surface area contributed by atoms with E-state index in [1.807, 2.05) is 44.3 Å². The van der Waals surface area contributed by atoms with Gasteiger partial charge in [-0.3, -0.25) is 14.7 Å². The number of phenolic OH excluding ortho intramolecular Hbond substituents is 1. The van der Waals surface area contributed by atoms with Gasteiger partial charge in [-0.2, -0.15) is 0 Å². The van der Waals surface area contributed by atoms with E-state index in [9.17, 15) is 19.8 Å². The zero-order valence-electron chi connectivity index (χ0n) is 30.8. The molecule has 0 amide bonds. The van der Waals surface area contributed by atoms with Gasteiger partial charge in [0.2, 0.25) is 0 Å². The van der Waals surface area contributed by atoms with Crippen LogP contribution in [0.25, 0.3) is 22.2 Å². The van der Waals surface area contributed by atoms with E-state index in [0.29, 0.717) is 60.2 Å². The fraction of sp³-hybridized carbons (Fsp3) is 0.390. The fourth-order valence-electron chi connectivity index (χ4n) is 9.02. The molecule has 1 aromatic carbocycles. The van der Waals surface area contributed by atoms with Crippen molar-refractivity contribution in [3.8, 4) is 22.8 Å². The van der Waals surface area contributed by atoms with Crippen LogP contribution in [-0.4, -0.2) is 68.4 Å². The molecule has 0 saturated carbocycles. The maximum atomic E-state index is 14.1. The number of epoxide rings is 1. The Morgan fingerprint density at radius 3 is 2.67 bits per heavy atom. The normalized spacial score (nSPS) is 27.3. The smallest absolute Gasteiger partial charge is 0.341 e. The van der Waals surface area contributed by atoms with Gasteiger partial charge in [-0.1, -0.05) is 0 Å². The van der Waals surface area contributed by atoms with Crippen LogP contribution in [0.2, 0.25) is 0 Å². The van der Waals surface area contributed by atoms with Gasteiger partial charge in [0, 0.05) is 42.0 Å². The van der Waals surface area contributed by atoms with Crippen LogP contribution in [0.15, 0.2) is 74.7 Å². The summed E-state index contributed by atoms with van der Waals surface area (Å²) in [7, 11) is 0. The number of anilines is 2. The molecule has 4 aromatic rings. The van der Waals surface area contributed by atoms with Gasteiger partial charge < -0.3 is 40.3 Å². The first kappa shape index (κ1) is 35.2. The maximum Gasteiger partial charge on any atom is 0.341 e. The van der Waals surface area contributed by atoms with Gasteiger partial charge in [-0.15, -0.1) is 0 Å². The second-order valence-corrected chi connectivity index (χ2v) is 16.0. The zero-order valence-corrected chi connectivity index (χ0v) is 30.8. The summed E-state index contributed by atoms with van der Waals surface area (Å²) in [5.74, 6) is -0.276. The monoisotopic (exact) mass is 747 g/mol. The molecule has 5 aliphatic heterocycles. The second kappa shape index (κ2) is 12.8. The number of rotatable bonds is 7. The lowest BCUT2D eigenvalue weighted by molar-refractivity contribution is -0.848. The van der Waals surface area contributed by atoms with Crippen molar-refractivity contribution in [3.05, 3.63) is 93.3 Å². The van der Waals surface area contributed by atoms with E-state index in [4.69, 9.17) is 30.1 Å². The molecule has 0 radical (unpaired) electrons. The molecule has 55 heavy (non-hydrogen) atoms. The number of quaternary nitrogens is 1. The predicted octanol–water partition coefficient (Wildman–Crippen LogP) is 3.02. The molecule has 284 valence electrons. The first-order valence-electron chi connectivity index (χ1n) is 18.6. The highest BCUT2D eigenvalue weighted by molar-refractivity contribution is 6.06. The Kier molecular flexibility index (Phi) is 8.15. The number of esters is 1. The van der Waals surface area contributed by atoms with Gasteiger partial charge >= 0.3 is 5.97 Å². The van der Waals surface area contributed by atoms with E-state index in [2.05, 4.69) is 21.2 Å². The summed E-state index contributed by atoms with van der Waals surface area (Å²) in [5, 5.41) is 22.2. The molecule has 8 heterocycles. The Morgan fingerprint density at radius 2 is 1.87 bits per heavy atom. The summed E-state index contributed by atoms with van der Waals surface area (Å²) in [6, 6.07) is 10.5. The van der Waals surface area contributed by atoms with Crippen molar-refractivity contribution in [2.75, 3.05) is 24.6 Å². The molecule has 14 heteroatoms. The number of aliphatic hydroxyl groups excluding tert-OH is 1. The number of aliphatic imine (C=N–C) groups is 1. The number of aromatic hydroxyl groups is 1. The molecular weight excluding hydrogens is 704 g/mol. The van der Waals surface area contributed by atoms with Crippen LogP contribution < -0.4 is 26.5 Å². The number of carbonyl (C=O) groups is 1. The van der Waals surface area contributed by atoms with E-state index in [1.165, 1.54) is 11.0 Å². The summed E-state index contributed by atoms with van der Waals surface area (Å²) in [4.78, 5) is 41.9. The summed E-state index contributed by atoms with van der Waals surface area (Å²) in [5.41, 5.74) is 15.9. The van der Waals surface area contributed by atoms with Gasteiger partial charge in [0.15, 0.2) is 11.0 Å². The molecule has 2 saturated heterocycles. The number of aromatic nitrogens is 2. The molecule has 6 atom stereocenters. The average molecular weight is 748 g/mol. The number of hydrogen-bond acceptors (Lipinski definition) is 13. The van der Waals surface area contributed by atoms with E-state index in [1.54, 1.807) is 19.1 Å². The Balaban J connectivity index is 0.938. The summed E-state index contributed by atoms with van der Waals surface area (Å²) >= 11 is 0. The van der Waals surface area contributed by atoms with E-state index in [0.717, 1.165) is 34.7 Å². The third kappa shape index (κ3) is 6.14. The fourth-order valence-corrected chi connectivity index (χ4v) is 9.02. The van der Waals surface area contributed by atoms with Crippen LogP contribution in [0.5, 0.6) is 11.5 Å². The Bertz CT molecular complexity index is 2440.